The van der Waals surface area contributed by atoms with Crippen molar-refractivity contribution in [1.29, 1.82) is 0 Å². The van der Waals surface area contributed by atoms with Crippen LogP contribution >= 0.6 is 0 Å². The van der Waals surface area contributed by atoms with Crippen LogP contribution < -0.4 is 10.6 Å². The van der Waals surface area contributed by atoms with Gasteiger partial charge in [0, 0.05) is 44.2 Å². The average Bonchev–Trinajstić information content (AvgIpc) is 1.82. The molecule has 2 bridgehead atoms. The van der Waals surface area contributed by atoms with Crippen LogP contribution in [0.2, 0.25) is 0 Å². The lowest BCUT2D eigenvalue weighted by Crippen LogP contribution is -2.82. The molecule has 8 rings (SSSR count). The fourth-order valence-electron chi connectivity index (χ4n) is 12.3. The number of rotatable bonds is 15. The number of alkyl carbamates (subject to hydrolysis) is 1. The van der Waals surface area contributed by atoms with Gasteiger partial charge in [-0.3, -0.25) is 24.0 Å². The molecule has 2 saturated carbocycles. The van der Waals surface area contributed by atoms with E-state index in [0.29, 0.717) is 18.4 Å². The van der Waals surface area contributed by atoms with Crippen molar-refractivity contribution in [2.45, 2.75) is 153 Å². The molecule has 1 heterocycles. The average molecular weight is 1080 g/mol. The van der Waals surface area contributed by atoms with E-state index < -0.39 is 138 Å². The minimum absolute atomic E-state index is 0.0179. The number of hydrogen-bond donors (Lipinski definition) is 4. The van der Waals surface area contributed by atoms with Crippen molar-refractivity contribution in [3.63, 3.8) is 0 Å². The van der Waals surface area contributed by atoms with Crippen molar-refractivity contribution in [1.82, 2.24) is 10.6 Å². The third-order valence-electron chi connectivity index (χ3n) is 16.3. The second-order valence-electron chi connectivity index (χ2n) is 21.5. The van der Waals surface area contributed by atoms with E-state index in [1.54, 1.807) is 92.7 Å². The van der Waals surface area contributed by atoms with Crippen molar-refractivity contribution in [2.75, 3.05) is 13.2 Å². The quantitative estimate of drug-likeness (QED) is 0.0740. The predicted molar refractivity (Wildman–Crippen MR) is 277 cm³/mol. The zero-order chi connectivity index (χ0) is 56.2. The Balaban J connectivity index is 1.21. The highest BCUT2D eigenvalue weighted by Crippen LogP contribution is 2.65. The molecule has 1 aliphatic heterocycles. The number of benzene rings is 3. The summed E-state index contributed by atoms with van der Waals surface area (Å²) in [6.45, 7) is 7.57. The molecule has 3 fully saturated rings. The number of amides is 2. The third-order valence-corrected chi connectivity index (χ3v) is 16.3. The van der Waals surface area contributed by atoms with E-state index in [1.165, 1.54) is 26.0 Å². The highest BCUT2D eigenvalue weighted by Gasteiger charge is 2.79. The van der Waals surface area contributed by atoms with Crippen LogP contribution in [0.3, 0.4) is 0 Å². The first-order valence-electron chi connectivity index (χ1n) is 26.4. The topological polar surface area (TPSA) is 266 Å². The summed E-state index contributed by atoms with van der Waals surface area (Å²) in [6.07, 6.45) is -4.69. The lowest BCUT2D eigenvalue weighted by molar-refractivity contribution is -0.346. The Kier molecular flexibility index (Phi) is 17.1. The molecule has 416 valence electrons. The van der Waals surface area contributed by atoms with Crippen LogP contribution in [0.25, 0.3) is 0 Å². The van der Waals surface area contributed by atoms with Gasteiger partial charge in [0.05, 0.1) is 36.0 Å². The third kappa shape index (κ3) is 11.2. The van der Waals surface area contributed by atoms with Gasteiger partial charge in [0.25, 0.3) is 5.91 Å². The summed E-state index contributed by atoms with van der Waals surface area (Å²) in [6, 6.07) is 22.7. The smallest absolute Gasteiger partial charge is 0.407 e. The first kappa shape index (κ1) is 57.0. The lowest BCUT2D eigenvalue weighted by atomic mass is 9.44. The minimum Gasteiger partial charge on any atom is -0.461 e. The molecular weight excluding hydrogens is 1010 g/mol. The van der Waals surface area contributed by atoms with Crippen LogP contribution in [-0.4, -0.2) is 125 Å². The Hall–Kier alpha value is -7.22. The predicted octanol–water partition coefficient (Wildman–Crippen LogP) is 6.29. The summed E-state index contributed by atoms with van der Waals surface area (Å²) in [4.78, 5) is 113. The maximum Gasteiger partial charge on any atom is 0.407 e. The van der Waals surface area contributed by atoms with E-state index in [2.05, 4.69) is 16.7 Å². The molecule has 3 aromatic carbocycles. The zero-order valence-electron chi connectivity index (χ0n) is 44.6. The second kappa shape index (κ2) is 23.4. The van der Waals surface area contributed by atoms with Gasteiger partial charge >= 0.3 is 35.9 Å². The highest BCUT2D eigenvalue weighted by molar-refractivity contribution is 5.96. The van der Waals surface area contributed by atoms with E-state index in [9.17, 15) is 43.8 Å². The summed E-state index contributed by atoms with van der Waals surface area (Å²) in [5, 5.41) is 31.4. The molecule has 0 spiro atoms. The maximum absolute atomic E-state index is 16.3. The van der Waals surface area contributed by atoms with Crippen LogP contribution in [-0.2, 0) is 57.1 Å². The number of allylic oxidation sites excluding steroid dienone is 2. The van der Waals surface area contributed by atoms with Crippen LogP contribution in [0, 0.1) is 16.7 Å². The fraction of sp³-hybridized carbons (Fsp3) is 0.492. The molecular formula is C59H68N2O17. The number of fused-ring (bicyclic) bond motifs is 5. The molecule has 4 aliphatic carbocycles. The Morgan fingerprint density at radius 2 is 1.42 bits per heavy atom. The molecule has 19 heteroatoms. The maximum atomic E-state index is 16.3. The summed E-state index contributed by atoms with van der Waals surface area (Å²) >= 11 is 0. The van der Waals surface area contributed by atoms with Gasteiger partial charge in [-0.1, -0.05) is 92.7 Å². The first-order chi connectivity index (χ1) is 37.1. The number of Topliss-reactive ketones (excluding diaryl/α,β-unsaturated/α-hetero) is 1. The zero-order valence-corrected chi connectivity index (χ0v) is 44.6. The standard InChI is InChI=1S/C59H68N2O17/c1-34-41(75-54(69)47(65)46(37-21-13-10-14-22-37)61-52(67)38-23-15-11-16-24-38)32-59(71)51(77-53(68)39-25-17-12-18-26-39)49-57(6,50(66)48(73-35(2)62)45(34)56(59,4)5)42(31-43-58(49,33-72-43)78-36(3)63)76-44(64)29-30-60-55(70)74-40-27-19-8-7-9-20-28-40/h7-8,10-18,21-26,40-43,46-49,51,65,71H,9,19-20,27-33H2,1-6H3,(H,60,70)(H,61,67)/b8-7+/t40?,41-,42-,43+,46-,47+,48+,49-,51-,57+,58-,59+/m0/s1. The number of ketones is 1. The number of aliphatic hydroxyl groups is 2. The van der Waals surface area contributed by atoms with Crippen molar-refractivity contribution >= 4 is 47.6 Å². The molecule has 3 aromatic rings. The summed E-state index contributed by atoms with van der Waals surface area (Å²) in [5.41, 5.74) is -7.75. The van der Waals surface area contributed by atoms with Crippen molar-refractivity contribution in [2.24, 2.45) is 16.7 Å². The Bertz CT molecular complexity index is 2820. The van der Waals surface area contributed by atoms with Gasteiger partial charge in [-0.25, -0.2) is 14.4 Å². The summed E-state index contributed by atoms with van der Waals surface area (Å²) in [5.74, 6) is -8.17. The number of carbonyl (C=O) groups is 8. The van der Waals surface area contributed by atoms with Crippen LogP contribution in [0.1, 0.15) is 125 Å². The van der Waals surface area contributed by atoms with Crippen molar-refractivity contribution in [3.8, 4) is 0 Å². The SMILES string of the molecule is CC(=O)O[C@H]1C(=O)[C@]2(C)[C@@H](OC(=O)CCNC(=O)OC3CC/C=C/CCC3)C[C@H]3OC[C@@]3(OC(C)=O)[C@H]2[C@H](OC(=O)c2ccccc2)[C@]2(O)C[C@H](OC(=O)[C@H](O)[C@@H](NC(=O)c3ccccc3)c3ccccc3)C(C)=C1C2(C)C. The minimum atomic E-state index is -2.51. The Morgan fingerprint density at radius 3 is 2.05 bits per heavy atom. The van der Waals surface area contributed by atoms with Gasteiger partial charge in [-0.15, -0.1) is 0 Å². The van der Waals surface area contributed by atoms with Gasteiger partial charge in [0.2, 0.25) is 0 Å². The number of aliphatic hydroxyl groups excluding tert-OH is 1. The van der Waals surface area contributed by atoms with E-state index in [-0.39, 0.29) is 41.3 Å². The highest BCUT2D eigenvalue weighted by atomic mass is 16.6. The van der Waals surface area contributed by atoms with Gasteiger partial charge in [-0.05, 0) is 86.9 Å². The molecule has 5 aliphatic rings. The molecule has 0 aromatic heterocycles. The van der Waals surface area contributed by atoms with Crippen LogP contribution in [0.4, 0.5) is 4.79 Å². The number of nitrogens with one attached hydrogen (secondary N) is 2. The monoisotopic (exact) mass is 1080 g/mol. The molecule has 4 N–H and O–H groups in total. The summed E-state index contributed by atoms with van der Waals surface area (Å²) < 4.78 is 43.0. The molecule has 1 unspecified atom stereocenters. The van der Waals surface area contributed by atoms with E-state index in [0.717, 1.165) is 33.1 Å². The van der Waals surface area contributed by atoms with Crippen LogP contribution in [0.5, 0.6) is 0 Å². The first-order valence-corrected chi connectivity index (χ1v) is 26.4. The fourth-order valence-corrected chi connectivity index (χ4v) is 12.3. The molecule has 0 radical (unpaired) electrons. The van der Waals surface area contributed by atoms with E-state index in [4.69, 9.17) is 33.2 Å². The normalized spacial score (nSPS) is 30.2. The van der Waals surface area contributed by atoms with Crippen molar-refractivity contribution in [3.05, 3.63) is 131 Å². The van der Waals surface area contributed by atoms with Gasteiger partial charge in [0.15, 0.2) is 23.6 Å². The molecule has 78 heavy (non-hydrogen) atoms. The van der Waals surface area contributed by atoms with Gasteiger partial charge in [-0.2, -0.15) is 0 Å². The lowest BCUT2D eigenvalue weighted by Gasteiger charge is -2.67. The number of ether oxygens (including phenoxy) is 7. The number of hydrogen-bond acceptors (Lipinski definition) is 17. The van der Waals surface area contributed by atoms with Gasteiger partial charge in [0.1, 0.15) is 36.1 Å². The Morgan fingerprint density at radius 1 is 0.782 bits per heavy atom. The molecule has 12 atom stereocenters. The van der Waals surface area contributed by atoms with E-state index in [1.807, 2.05) is 6.08 Å². The molecule has 19 nitrogen and oxygen atoms in total. The number of carbonyl (C=O) groups excluding carboxylic acids is 8. The Labute approximate surface area is 452 Å². The summed E-state index contributed by atoms with van der Waals surface area (Å²) in [7, 11) is 0. The molecule has 2 amide bonds. The van der Waals surface area contributed by atoms with Crippen LogP contribution in [0.15, 0.2) is 114 Å². The largest absolute Gasteiger partial charge is 0.461 e. The van der Waals surface area contributed by atoms with Gasteiger partial charge < -0.3 is 54.0 Å². The van der Waals surface area contributed by atoms with E-state index >= 15 is 4.79 Å². The second-order valence-corrected chi connectivity index (χ2v) is 21.5. The van der Waals surface area contributed by atoms with Crippen molar-refractivity contribution < 1.29 is 81.7 Å². The molecule has 1 saturated heterocycles. The number of esters is 5.